The summed E-state index contributed by atoms with van der Waals surface area (Å²) < 4.78 is 4.98. The minimum Gasteiger partial charge on any atom is -0.466 e. The second-order valence-corrected chi connectivity index (χ2v) is 5.03. The molecule has 0 aliphatic rings. The first-order valence-corrected chi connectivity index (χ1v) is 7.64. The van der Waals surface area contributed by atoms with Crippen LogP contribution >= 0.6 is 0 Å². The lowest BCUT2D eigenvalue weighted by molar-refractivity contribution is -0.143. The van der Waals surface area contributed by atoms with Crippen molar-refractivity contribution in [3.8, 4) is 0 Å². The van der Waals surface area contributed by atoms with Crippen LogP contribution < -0.4 is 4.90 Å². The molecular weight excluding hydrogens is 276 g/mol. The summed E-state index contributed by atoms with van der Waals surface area (Å²) in [5.41, 5.74) is 2.30. The van der Waals surface area contributed by atoms with Crippen molar-refractivity contribution >= 4 is 11.7 Å². The molecule has 0 aliphatic heterocycles. The number of nitrogens with zero attached hydrogens (tertiary/aromatic N) is 2. The number of ether oxygens (including phenoxy) is 1. The van der Waals surface area contributed by atoms with E-state index >= 15 is 0 Å². The number of pyridine rings is 1. The van der Waals surface area contributed by atoms with Gasteiger partial charge in [0, 0.05) is 37.6 Å². The zero-order valence-corrected chi connectivity index (χ0v) is 12.9. The average molecular weight is 298 g/mol. The van der Waals surface area contributed by atoms with E-state index < -0.39 is 0 Å². The molecule has 2 aromatic rings. The molecule has 0 saturated heterocycles. The molecule has 0 amide bonds. The fourth-order valence-electron chi connectivity index (χ4n) is 2.30. The van der Waals surface area contributed by atoms with Crippen LogP contribution in [0.25, 0.3) is 0 Å². The minimum absolute atomic E-state index is 0.128. The Labute approximate surface area is 131 Å². The van der Waals surface area contributed by atoms with Gasteiger partial charge in [0.2, 0.25) is 0 Å². The van der Waals surface area contributed by atoms with Crippen LogP contribution in [0.2, 0.25) is 0 Å². The largest absolute Gasteiger partial charge is 0.466 e. The molecule has 1 heterocycles. The Morgan fingerprint density at radius 3 is 2.68 bits per heavy atom. The van der Waals surface area contributed by atoms with E-state index in [0.717, 1.165) is 30.8 Å². The average Bonchev–Trinajstić information content (AvgIpc) is 2.56. The van der Waals surface area contributed by atoms with Crippen LogP contribution in [0.5, 0.6) is 0 Å². The second kappa shape index (κ2) is 8.82. The Morgan fingerprint density at radius 1 is 1.18 bits per heavy atom. The molecule has 0 atom stereocenters. The number of para-hydroxylation sites is 1. The summed E-state index contributed by atoms with van der Waals surface area (Å²) in [5.74, 6) is -0.128. The molecule has 1 aromatic heterocycles. The van der Waals surface area contributed by atoms with E-state index in [1.54, 1.807) is 6.20 Å². The number of aromatic nitrogens is 1. The maximum absolute atomic E-state index is 11.5. The molecule has 0 aliphatic carbocycles. The van der Waals surface area contributed by atoms with Crippen molar-refractivity contribution in [1.29, 1.82) is 0 Å². The van der Waals surface area contributed by atoms with Crippen LogP contribution in [0.1, 0.15) is 25.3 Å². The zero-order valence-electron chi connectivity index (χ0n) is 12.9. The number of rotatable bonds is 8. The second-order valence-electron chi connectivity index (χ2n) is 5.03. The van der Waals surface area contributed by atoms with Gasteiger partial charge in [0.15, 0.2) is 0 Å². The number of esters is 1. The lowest BCUT2D eigenvalue weighted by atomic mass is 10.2. The van der Waals surface area contributed by atoms with Crippen LogP contribution in [-0.4, -0.2) is 24.1 Å². The van der Waals surface area contributed by atoms with E-state index in [1.807, 2.05) is 37.4 Å². The molecule has 0 spiro atoms. The highest BCUT2D eigenvalue weighted by molar-refractivity contribution is 5.69. The Morgan fingerprint density at radius 2 is 2.00 bits per heavy atom. The number of carbonyl (C=O) groups excluding carboxylic acids is 1. The van der Waals surface area contributed by atoms with Crippen molar-refractivity contribution in [2.24, 2.45) is 0 Å². The summed E-state index contributed by atoms with van der Waals surface area (Å²) in [6, 6.07) is 14.2. The third-order valence-corrected chi connectivity index (χ3v) is 3.33. The van der Waals surface area contributed by atoms with Gasteiger partial charge in [-0.15, -0.1) is 0 Å². The first kappa shape index (κ1) is 16.0. The van der Waals surface area contributed by atoms with Crippen molar-refractivity contribution < 1.29 is 9.53 Å². The van der Waals surface area contributed by atoms with Gasteiger partial charge in [-0.2, -0.15) is 0 Å². The Hall–Kier alpha value is -2.36. The van der Waals surface area contributed by atoms with E-state index in [-0.39, 0.29) is 5.97 Å². The van der Waals surface area contributed by atoms with Gasteiger partial charge in [0.25, 0.3) is 0 Å². The van der Waals surface area contributed by atoms with Crippen LogP contribution in [0.15, 0.2) is 54.9 Å². The van der Waals surface area contributed by atoms with Gasteiger partial charge in [-0.1, -0.05) is 24.3 Å². The van der Waals surface area contributed by atoms with Gasteiger partial charge in [0.1, 0.15) is 0 Å². The molecule has 0 saturated carbocycles. The number of hydrogen-bond acceptors (Lipinski definition) is 4. The summed E-state index contributed by atoms with van der Waals surface area (Å²) in [6.45, 7) is 3.85. The van der Waals surface area contributed by atoms with Gasteiger partial charge in [-0.05, 0) is 37.1 Å². The first-order valence-electron chi connectivity index (χ1n) is 7.64. The number of hydrogen-bond donors (Lipinski definition) is 0. The Kier molecular flexibility index (Phi) is 6.42. The summed E-state index contributed by atoms with van der Waals surface area (Å²) in [4.78, 5) is 17.9. The monoisotopic (exact) mass is 298 g/mol. The van der Waals surface area contributed by atoms with Gasteiger partial charge < -0.3 is 9.64 Å². The molecule has 4 heteroatoms. The summed E-state index contributed by atoms with van der Waals surface area (Å²) in [7, 11) is 0. The Balaban J connectivity index is 1.98. The predicted octanol–water partition coefficient (Wildman–Crippen LogP) is 3.43. The predicted molar refractivity (Wildman–Crippen MR) is 87.6 cm³/mol. The van der Waals surface area contributed by atoms with E-state index in [2.05, 4.69) is 28.1 Å². The third kappa shape index (κ3) is 5.20. The molecule has 1 aromatic carbocycles. The van der Waals surface area contributed by atoms with E-state index in [9.17, 15) is 4.79 Å². The maximum atomic E-state index is 11.5. The van der Waals surface area contributed by atoms with Gasteiger partial charge in [0.05, 0.1) is 6.61 Å². The molecule has 116 valence electrons. The van der Waals surface area contributed by atoms with E-state index in [1.165, 1.54) is 0 Å². The maximum Gasteiger partial charge on any atom is 0.305 e. The lowest BCUT2D eigenvalue weighted by Gasteiger charge is -2.24. The van der Waals surface area contributed by atoms with Crippen molar-refractivity contribution in [1.82, 2.24) is 4.98 Å². The fraction of sp³-hybridized carbons (Fsp3) is 0.333. The van der Waals surface area contributed by atoms with Crippen LogP contribution in [-0.2, 0) is 16.1 Å². The quantitative estimate of drug-likeness (QED) is 0.700. The van der Waals surface area contributed by atoms with Crippen LogP contribution in [0.3, 0.4) is 0 Å². The zero-order chi connectivity index (χ0) is 15.6. The topological polar surface area (TPSA) is 42.4 Å². The normalized spacial score (nSPS) is 10.2. The molecule has 22 heavy (non-hydrogen) atoms. The van der Waals surface area contributed by atoms with Crippen molar-refractivity contribution in [2.75, 3.05) is 18.1 Å². The number of anilines is 1. The van der Waals surface area contributed by atoms with E-state index in [4.69, 9.17) is 4.74 Å². The van der Waals surface area contributed by atoms with Crippen molar-refractivity contribution in [3.63, 3.8) is 0 Å². The minimum atomic E-state index is -0.128. The number of carbonyl (C=O) groups is 1. The van der Waals surface area contributed by atoms with Gasteiger partial charge in [-0.3, -0.25) is 9.78 Å². The standard InChI is InChI=1S/C18H22N2O2/c1-2-22-18(21)11-7-13-20(17-9-4-3-5-10-17)15-16-8-6-12-19-14-16/h3-6,8-10,12,14H,2,7,11,13,15H2,1H3. The molecule has 0 fully saturated rings. The third-order valence-electron chi connectivity index (χ3n) is 3.33. The van der Waals surface area contributed by atoms with Crippen molar-refractivity contribution in [3.05, 3.63) is 60.4 Å². The highest BCUT2D eigenvalue weighted by Gasteiger charge is 2.09. The van der Waals surface area contributed by atoms with Crippen molar-refractivity contribution in [2.45, 2.75) is 26.3 Å². The summed E-state index contributed by atoms with van der Waals surface area (Å²) in [6.07, 6.45) is 4.87. The molecule has 0 unspecified atom stereocenters. The number of benzene rings is 1. The highest BCUT2D eigenvalue weighted by atomic mass is 16.5. The van der Waals surface area contributed by atoms with Gasteiger partial charge >= 0.3 is 5.97 Å². The van der Waals surface area contributed by atoms with Gasteiger partial charge in [-0.25, -0.2) is 0 Å². The highest BCUT2D eigenvalue weighted by Crippen LogP contribution is 2.17. The Bertz CT molecular complexity index is 558. The fourth-order valence-corrected chi connectivity index (χ4v) is 2.30. The van der Waals surface area contributed by atoms with E-state index in [0.29, 0.717) is 13.0 Å². The molecule has 0 radical (unpaired) electrons. The lowest BCUT2D eigenvalue weighted by Crippen LogP contribution is -2.24. The molecule has 0 bridgehead atoms. The SMILES string of the molecule is CCOC(=O)CCCN(Cc1cccnc1)c1ccccc1. The molecular formula is C18H22N2O2. The smallest absolute Gasteiger partial charge is 0.305 e. The van der Waals surface area contributed by atoms with Crippen LogP contribution in [0, 0.1) is 0 Å². The first-order chi connectivity index (χ1) is 10.8. The summed E-state index contributed by atoms with van der Waals surface area (Å²) in [5, 5.41) is 0. The van der Waals surface area contributed by atoms with Crippen LogP contribution in [0.4, 0.5) is 5.69 Å². The molecule has 2 rings (SSSR count). The molecule has 4 nitrogen and oxygen atoms in total. The summed E-state index contributed by atoms with van der Waals surface area (Å²) >= 11 is 0. The molecule has 0 N–H and O–H groups in total.